The minimum Gasteiger partial charge on any atom is -0.477 e. The third-order valence-electron chi connectivity index (χ3n) is 9.54. The van der Waals surface area contributed by atoms with E-state index >= 15 is 0 Å². The topological polar surface area (TPSA) is 99.1 Å². The molecule has 0 aromatic carbocycles. The molecule has 2 atom stereocenters. The molecule has 2 unspecified atom stereocenters. The van der Waals surface area contributed by atoms with E-state index < -0.39 is 18.1 Å². The van der Waals surface area contributed by atoms with Crippen LogP contribution < -0.4 is 0 Å². The second-order valence-corrected chi connectivity index (χ2v) is 15.9. The van der Waals surface area contributed by atoms with E-state index in [-0.39, 0.29) is 36.2 Å². The van der Waals surface area contributed by atoms with Gasteiger partial charge in [-0.15, -0.1) is 0 Å². The van der Waals surface area contributed by atoms with Crippen molar-refractivity contribution in [1.82, 2.24) is 0 Å². The number of rotatable bonds is 39. The van der Waals surface area contributed by atoms with E-state index in [0.717, 1.165) is 116 Å². The van der Waals surface area contributed by atoms with E-state index in [0.29, 0.717) is 19.3 Å². The summed E-state index contributed by atoms with van der Waals surface area (Å²) in [5, 5.41) is 9.63. The van der Waals surface area contributed by atoms with E-state index in [9.17, 15) is 19.5 Å². The van der Waals surface area contributed by atoms with Gasteiger partial charge in [-0.3, -0.25) is 9.59 Å². The van der Waals surface area contributed by atoms with Crippen molar-refractivity contribution in [2.45, 2.75) is 174 Å². The number of quaternary nitrogens is 1. The maximum Gasteiger partial charge on any atom is 0.362 e. The molecule has 0 spiro atoms. The van der Waals surface area contributed by atoms with Gasteiger partial charge in [0, 0.05) is 19.3 Å². The highest BCUT2D eigenvalue weighted by Gasteiger charge is 2.31. The van der Waals surface area contributed by atoms with Crippen LogP contribution in [0.4, 0.5) is 0 Å². The number of nitrogens with zero attached hydrogens (tertiary/aromatic N) is 1. The summed E-state index contributed by atoms with van der Waals surface area (Å²) in [6.07, 6.45) is 51.9. The van der Waals surface area contributed by atoms with Gasteiger partial charge in [0.25, 0.3) is 0 Å². The van der Waals surface area contributed by atoms with Crippen molar-refractivity contribution in [3.8, 4) is 0 Å². The molecule has 0 rings (SSSR count). The molecule has 0 heterocycles. The van der Waals surface area contributed by atoms with Crippen molar-refractivity contribution in [3.05, 3.63) is 85.1 Å². The number of hydrogen-bond donors (Lipinski definition) is 1. The van der Waals surface area contributed by atoms with Gasteiger partial charge in [-0.1, -0.05) is 144 Å². The molecule has 0 aromatic rings. The van der Waals surface area contributed by atoms with E-state index in [1.165, 1.54) is 12.8 Å². The lowest BCUT2D eigenvalue weighted by atomic mass is 10.1. The Morgan fingerprint density at radius 3 is 1.34 bits per heavy atom. The molecule has 0 aromatic heterocycles. The molecule has 1 N–H and O–H groups in total. The third-order valence-corrected chi connectivity index (χ3v) is 9.54. The SMILES string of the molecule is CC/C=C\C/C=C\C/C=C\C/C=C\CCCCCCCCC(=O)OC(COCCC(C(=O)O)[N+](C)(C)C)COC(=O)CCCCCCC/C=C\C/C=C\C/C=C\CC. The number of carbonyl (C=O) groups excluding carboxylic acids is 2. The quantitative estimate of drug-likeness (QED) is 0.0286. The fourth-order valence-electron chi connectivity index (χ4n) is 6.10. The monoisotopic (exact) mass is 811 g/mol. The van der Waals surface area contributed by atoms with E-state index in [2.05, 4.69) is 98.9 Å². The number of likely N-dealkylation sites (N-methyl/N-ethyl adjacent to an activating group) is 1. The first-order valence-corrected chi connectivity index (χ1v) is 22.6. The van der Waals surface area contributed by atoms with Crippen molar-refractivity contribution >= 4 is 17.9 Å². The average molecular weight is 811 g/mol. The van der Waals surface area contributed by atoms with E-state index in [1.54, 1.807) is 0 Å². The van der Waals surface area contributed by atoms with Crippen LogP contribution in [0.3, 0.4) is 0 Å². The molecule has 330 valence electrons. The van der Waals surface area contributed by atoms with Crippen LogP contribution in [0.5, 0.6) is 0 Å². The van der Waals surface area contributed by atoms with Gasteiger partial charge in [0.1, 0.15) is 6.61 Å². The number of carboxylic acids is 1. The molecular weight excluding hydrogens is 727 g/mol. The standard InChI is InChI=1S/C50H83NO7/c1-6-8-10-12-14-16-18-20-22-23-24-25-27-29-31-33-35-37-39-41-49(53)58-46(44-56-43-42-47(50(54)55)51(3,4)5)45-57-48(52)40-38-36-34-32-30-28-26-21-19-17-15-13-11-9-7-2/h8-11,14-17,20-22,24-26,46-47H,6-7,12-13,18-19,23,27-45H2,1-5H3/p+1/b10-8-,11-9-,16-14-,17-15-,22-20-,25-24-,26-21-. The predicted molar refractivity (Wildman–Crippen MR) is 243 cm³/mol. The Bertz CT molecular complexity index is 1220. The first-order chi connectivity index (χ1) is 28.1. The van der Waals surface area contributed by atoms with Gasteiger partial charge in [-0.05, 0) is 83.5 Å². The van der Waals surface area contributed by atoms with E-state index in [1.807, 2.05) is 21.1 Å². The fraction of sp³-hybridized carbons (Fsp3) is 0.660. The molecule has 0 fully saturated rings. The molecule has 0 saturated heterocycles. The summed E-state index contributed by atoms with van der Waals surface area (Å²) in [6.45, 7) is 4.46. The molecule has 58 heavy (non-hydrogen) atoms. The first kappa shape index (κ1) is 54.5. The molecule has 0 aliphatic carbocycles. The summed E-state index contributed by atoms with van der Waals surface area (Å²) in [5.74, 6) is -1.52. The zero-order valence-corrected chi connectivity index (χ0v) is 37.5. The molecular formula is C50H84NO7+. The number of unbranched alkanes of at least 4 members (excludes halogenated alkanes) is 11. The van der Waals surface area contributed by atoms with Crippen molar-refractivity contribution in [2.24, 2.45) is 0 Å². The highest BCUT2D eigenvalue weighted by molar-refractivity contribution is 5.72. The molecule has 0 aliphatic rings. The zero-order chi connectivity index (χ0) is 42.8. The fourth-order valence-corrected chi connectivity index (χ4v) is 6.10. The third kappa shape index (κ3) is 38.1. The summed E-state index contributed by atoms with van der Waals surface area (Å²) >= 11 is 0. The zero-order valence-electron chi connectivity index (χ0n) is 37.5. The number of esters is 2. The van der Waals surface area contributed by atoms with Crippen LogP contribution in [0, 0.1) is 0 Å². The smallest absolute Gasteiger partial charge is 0.362 e. The Kier molecular flexibility index (Phi) is 37.9. The van der Waals surface area contributed by atoms with Gasteiger partial charge in [-0.25, -0.2) is 4.79 Å². The Balaban J connectivity index is 4.39. The molecule has 8 nitrogen and oxygen atoms in total. The van der Waals surface area contributed by atoms with Crippen molar-refractivity contribution in [2.75, 3.05) is 41.0 Å². The van der Waals surface area contributed by atoms with Crippen LogP contribution in [-0.4, -0.2) is 80.6 Å². The highest BCUT2D eigenvalue weighted by atomic mass is 16.6. The van der Waals surface area contributed by atoms with Gasteiger partial charge >= 0.3 is 17.9 Å². The summed E-state index contributed by atoms with van der Waals surface area (Å²) < 4.78 is 17.3. The van der Waals surface area contributed by atoms with Crippen LogP contribution in [-0.2, 0) is 28.6 Å². The largest absolute Gasteiger partial charge is 0.477 e. The maximum atomic E-state index is 12.7. The first-order valence-electron chi connectivity index (χ1n) is 22.6. The normalized spacial score (nSPS) is 13.7. The van der Waals surface area contributed by atoms with Gasteiger partial charge < -0.3 is 23.8 Å². The molecule has 8 heteroatoms. The lowest BCUT2D eigenvalue weighted by Gasteiger charge is -2.31. The van der Waals surface area contributed by atoms with Gasteiger partial charge in [0.15, 0.2) is 12.1 Å². The molecule has 0 amide bonds. The number of ether oxygens (including phenoxy) is 3. The Morgan fingerprint density at radius 1 is 0.517 bits per heavy atom. The summed E-state index contributed by atoms with van der Waals surface area (Å²) in [4.78, 5) is 37.0. The van der Waals surface area contributed by atoms with Crippen LogP contribution in [0.15, 0.2) is 85.1 Å². The minimum absolute atomic E-state index is 0.0445. The van der Waals surface area contributed by atoms with Crippen LogP contribution in [0.25, 0.3) is 0 Å². The summed E-state index contributed by atoms with van der Waals surface area (Å²) in [7, 11) is 5.51. The van der Waals surface area contributed by atoms with Crippen molar-refractivity contribution in [3.63, 3.8) is 0 Å². The molecule has 0 bridgehead atoms. The van der Waals surface area contributed by atoms with Gasteiger partial charge in [0.05, 0.1) is 34.4 Å². The number of carbonyl (C=O) groups is 3. The Hall–Kier alpha value is -3.49. The average Bonchev–Trinajstić information content (AvgIpc) is 3.18. The second kappa shape index (κ2) is 40.3. The summed E-state index contributed by atoms with van der Waals surface area (Å²) in [5.41, 5.74) is 0. The number of allylic oxidation sites excluding steroid dienone is 14. The van der Waals surface area contributed by atoms with Crippen LogP contribution >= 0.6 is 0 Å². The maximum absolute atomic E-state index is 12.7. The van der Waals surface area contributed by atoms with Crippen molar-refractivity contribution < 1.29 is 38.2 Å². The van der Waals surface area contributed by atoms with Gasteiger partial charge in [-0.2, -0.15) is 0 Å². The predicted octanol–water partition coefficient (Wildman–Crippen LogP) is 12.5. The van der Waals surface area contributed by atoms with Gasteiger partial charge in [0.2, 0.25) is 0 Å². The Labute approximate surface area is 354 Å². The van der Waals surface area contributed by atoms with Crippen molar-refractivity contribution in [1.29, 1.82) is 0 Å². The van der Waals surface area contributed by atoms with Crippen LogP contribution in [0.2, 0.25) is 0 Å². The number of hydrogen-bond acceptors (Lipinski definition) is 6. The molecule has 0 saturated carbocycles. The molecule has 0 aliphatic heterocycles. The lowest BCUT2D eigenvalue weighted by molar-refractivity contribution is -0.887. The second-order valence-electron chi connectivity index (χ2n) is 15.9. The van der Waals surface area contributed by atoms with E-state index in [4.69, 9.17) is 14.2 Å². The lowest BCUT2D eigenvalue weighted by Crippen LogP contribution is -2.50. The summed E-state index contributed by atoms with van der Waals surface area (Å²) in [6, 6.07) is -0.625. The van der Waals surface area contributed by atoms with Crippen LogP contribution in [0.1, 0.15) is 162 Å². The minimum atomic E-state index is -0.884. The number of aliphatic carboxylic acids is 1. The molecule has 0 radical (unpaired) electrons. The highest BCUT2D eigenvalue weighted by Crippen LogP contribution is 2.13. The number of carboxylic acid groups (broad SMARTS) is 1. The Morgan fingerprint density at radius 2 is 0.914 bits per heavy atom.